The third-order valence-corrected chi connectivity index (χ3v) is 5.15. The van der Waals surface area contributed by atoms with Gasteiger partial charge in [-0.15, -0.1) is 0 Å². The standard InChI is InChI=1S/C21H29N5O4/c1-5-24-20(29)17(16(27)12-25(13(2)3)14(4)19(23)28)18(22)26(21(24)30)11-15-9-7-6-8-10-15/h6-10,13-14H,5,11-12,22H2,1-4H3,(H2,23,28). The Balaban J connectivity index is 2.57. The molecule has 2 aromatic rings. The number of anilines is 1. The van der Waals surface area contributed by atoms with Gasteiger partial charge in [0.2, 0.25) is 5.91 Å². The van der Waals surface area contributed by atoms with E-state index < -0.39 is 29.0 Å². The van der Waals surface area contributed by atoms with Gasteiger partial charge in [-0.2, -0.15) is 0 Å². The Morgan fingerprint density at radius 1 is 1.07 bits per heavy atom. The Bertz CT molecular complexity index is 1040. The Morgan fingerprint density at radius 2 is 1.67 bits per heavy atom. The van der Waals surface area contributed by atoms with Crippen molar-refractivity contribution in [2.75, 3.05) is 12.3 Å². The average Bonchev–Trinajstić information content (AvgIpc) is 2.69. The molecular weight excluding hydrogens is 386 g/mol. The molecule has 0 aliphatic rings. The van der Waals surface area contributed by atoms with E-state index in [0.717, 1.165) is 10.1 Å². The zero-order valence-electron chi connectivity index (χ0n) is 17.8. The van der Waals surface area contributed by atoms with Gasteiger partial charge < -0.3 is 11.5 Å². The van der Waals surface area contributed by atoms with E-state index in [9.17, 15) is 19.2 Å². The van der Waals surface area contributed by atoms with Crippen LogP contribution in [0.1, 0.15) is 43.6 Å². The van der Waals surface area contributed by atoms with Crippen LogP contribution in [0.2, 0.25) is 0 Å². The lowest BCUT2D eigenvalue weighted by Gasteiger charge is -2.30. The Kier molecular flexibility index (Phi) is 7.33. The number of amides is 1. The number of rotatable bonds is 9. The highest BCUT2D eigenvalue weighted by molar-refractivity contribution is 6.01. The molecule has 1 aromatic heterocycles. The van der Waals surface area contributed by atoms with Crippen molar-refractivity contribution in [2.24, 2.45) is 5.73 Å². The molecule has 0 saturated carbocycles. The summed E-state index contributed by atoms with van der Waals surface area (Å²) < 4.78 is 2.22. The fraction of sp³-hybridized carbons (Fsp3) is 0.429. The molecule has 4 N–H and O–H groups in total. The molecule has 1 heterocycles. The number of ketones is 1. The Labute approximate surface area is 174 Å². The first-order valence-electron chi connectivity index (χ1n) is 9.85. The lowest BCUT2D eigenvalue weighted by Crippen LogP contribution is -2.50. The molecule has 0 bridgehead atoms. The molecule has 1 unspecified atom stereocenters. The average molecular weight is 415 g/mol. The summed E-state index contributed by atoms with van der Waals surface area (Å²) in [7, 11) is 0. The Hall–Kier alpha value is -3.20. The van der Waals surface area contributed by atoms with Crippen LogP contribution in [0.15, 0.2) is 39.9 Å². The maximum atomic E-state index is 13.1. The van der Waals surface area contributed by atoms with Crippen molar-refractivity contribution >= 4 is 17.5 Å². The number of nitrogens with two attached hydrogens (primary N) is 2. The van der Waals surface area contributed by atoms with E-state index in [-0.39, 0.29) is 37.1 Å². The highest BCUT2D eigenvalue weighted by Gasteiger charge is 2.28. The van der Waals surface area contributed by atoms with Crippen LogP contribution in [0.25, 0.3) is 0 Å². The summed E-state index contributed by atoms with van der Waals surface area (Å²) in [6, 6.07) is 8.25. The van der Waals surface area contributed by atoms with Gasteiger partial charge in [0.05, 0.1) is 19.1 Å². The minimum Gasteiger partial charge on any atom is -0.384 e. The second kappa shape index (κ2) is 9.53. The fourth-order valence-corrected chi connectivity index (χ4v) is 3.35. The van der Waals surface area contributed by atoms with Crippen molar-refractivity contribution in [3.63, 3.8) is 0 Å². The molecule has 0 saturated heterocycles. The molecule has 0 fully saturated rings. The lowest BCUT2D eigenvalue weighted by atomic mass is 10.1. The molecule has 9 heteroatoms. The number of aromatic nitrogens is 2. The maximum Gasteiger partial charge on any atom is 0.332 e. The summed E-state index contributed by atoms with van der Waals surface area (Å²) in [5, 5.41) is 0. The highest BCUT2D eigenvalue weighted by atomic mass is 16.2. The molecule has 0 spiro atoms. The number of primary amides is 1. The van der Waals surface area contributed by atoms with Crippen LogP contribution in [0, 0.1) is 0 Å². The van der Waals surface area contributed by atoms with Crippen LogP contribution < -0.4 is 22.7 Å². The molecule has 9 nitrogen and oxygen atoms in total. The van der Waals surface area contributed by atoms with Gasteiger partial charge in [-0.3, -0.25) is 28.4 Å². The van der Waals surface area contributed by atoms with Crippen molar-refractivity contribution in [1.29, 1.82) is 0 Å². The van der Waals surface area contributed by atoms with Gasteiger partial charge >= 0.3 is 5.69 Å². The van der Waals surface area contributed by atoms with Gasteiger partial charge in [0.1, 0.15) is 11.4 Å². The van der Waals surface area contributed by atoms with E-state index in [1.54, 1.807) is 18.7 Å². The fourth-order valence-electron chi connectivity index (χ4n) is 3.35. The molecule has 1 aromatic carbocycles. The van der Waals surface area contributed by atoms with Crippen LogP contribution >= 0.6 is 0 Å². The molecular formula is C21H29N5O4. The van der Waals surface area contributed by atoms with E-state index in [1.165, 1.54) is 4.57 Å². The van der Waals surface area contributed by atoms with Crippen LogP contribution in [-0.2, 0) is 17.9 Å². The monoisotopic (exact) mass is 415 g/mol. The van der Waals surface area contributed by atoms with E-state index in [1.807, 2.05) is 44.2 Å². The topological polar surface area (TPSA) is 133 Å². The second-order valence-corrected chi connectivity index (χ2v) is 7.43. The van der Waals surface area contributed by atoms with Gasteiger partial charge in [-0.05, 0) is 33.3 Å². The summed E-state index contributed by atoms with van der Waals surface area (Å²) in [6.07, 6.45) is 0. The summed E-state index contributed by atoms with van der Waals surface area (Å²) in [4.78, 5) is 52.0. The summed E-state index contributed by atoms with van der Waals surface area (Å²) in [6.45, 7) is 6.87. The van der Waals surface area contributed by atoms with E-state index in [2.05, 4.69) is 0 Å². The zero-order valence-corrected chi connectivity index (χ0v) is 17.8. The minimum atomic E-state index is -0.732. The number of Topliss-reactive ketones (excluding diaryl/α,β-unsaturated/α-hetero) is 1. The van der Waals surface area contributed by atoms with Gasteiger partial charge in [-0.25, -0.2) is 4.79 Å². The van der Waals surface area contributed by atoms with Crippen molar-refractivity contribution < 1.29 is 9.59 Å². The molecule has 0 radical (unpaired) electrons. The first-order chi connectivity index (χ1) is 14.1. The predicted octanol–water partition coefficient (Wildman–Crippen LogP) is 0.427. The first kappa shape index (κ1) is 23.1. The van der Waals surface area contributed by atoms with Crippen LogP contribution in [0.3, 0.4) is 0 Å². The first-order valence-corrected chi connectivity index (χ1v) is 9.85. The van der Waals surface area contributed by atoms with Gasteiger partial charge in [0.15, 0.2) is 5.78 Å². The number of hydrogen-bond donors (Lipinski definition) is 2. The normalized spacial score (nSPS) is 12.3. The van der Waals surface area contributed by atoms with Gasteiger partial charge in [0.25, 0.3) is 5.56 Å². The van der Waals surface area contributed by atoms with Crippen LogP contribution in [0.5, 0.6) is 0 Å². The van der Waals surface area contributed by atoms with Crippen molar-refractivity contribution in [3.05, 3.63) is 62.3 Å². The summed E-state index contributed by atoms with van der Waals surface area (Å²) in [5.74, 6) is -1.33. The second-order valence-electron chi connectivity index (χ2n) is 7.43. The lowest BCUT2D eigenvalue weighted by molar-refractivity contribution is -0.123. The molecule has 1 amide bonds. The Morgan fingerprint density at radius 3 is 2.17 bits per heavy atom. The van der Waals surface area contributed by atoms with Crippen molar-refractivity contribution in [3.8, 4) is 0 Å². The van der Waals surface area contributed by atoms with Crippen LogP contribution in [0.4, 0.5) is 5.82 Å². The quantitative estimate of drug-likeness (QED) is 0.571. The van der Waals surface area contributed by atoms with E-state index in [4.69, 9.17) is 11.5 Å². The van der Waals surface area contributed by atoms with Crippen molar-refractivity contribution in [2.45, 2.75) is 52.9 Å². The predicted molar refractivity (Wildman–Crippen MR) is 115 cm³/mol. The SMILES string of the molecule is CCn1c(=O)c(C(=O)CN(C(C)C)C(C)C(N)=O)c(N)n(Cc2ccccc2)c1=O. The maximum absolute atomic E-state index is 13.1. The number of nitrogens with zero attached hydrogens (tertiary/aromatic N) is 3. The number of carbonyl (C=O) groups is 2. The third-order valence-electron chi connectivity index (χ3n) is 5.15. The summed E-state index contributed by atoms with van der Waals surface area (Å²) >= 11 is 0. The number of nitrogen functional groups attached to an aromatic ring is 1. The molecule has 2 rings (SSSR count). The van der Waals surface area contributed by atoms with Crippen LogP contribution in [-0.4, -0.2) is 44.4 Å². The number of carbonyl (C=O) groups excluding carboxylic acids is 2. The van der Waals surface area contributed by atoms with E-state index >= 15 is 0 Å². The smallest absolute Gasteiger partial charge is 0.332 e. The zero-order chi connectivity index (χ0) is 22.6. The molecule has 30 heavy (non-hydrogen) atoms. The van der Waals surface area contributed by atoms with Gasteiger partial charge in [0, 0.05) is 12.6 Å². The van der Waals surface area contributed by atoms with Crippen molar-refractivity contribution in [1.82, 2.24) is 14.0 Å². The summed E-state index contributed by atoms with van der Waals surface area (Å²) in [5.41, 5.74) is 10.8. The molecule has 0 aliphatic heterocycles. The molecule has 1 atom stereocenters. The van der Waals surface area contributed by atoms with E-state index in [0.29, 0.717) is 0 Å². The minimum absolute atomic E-state index is 0.0958. The largest absolute Gasteiger partial charge is 0.384 e. The highest BCUT2D eigenvalue weighted by Crippen LogP contribution is 2.13. The third kappa shape index (κ3) is 4.68. The molecule has 162 valence electrons. The number of hydrogen-bond acceptors (Lipinski definition) is 6. The number of benzene rings is 1. The van der Waals surface area contributed by atoms with Gasteiger partial charge in [-0.1, -0.05) is 30.3 Å². The molecule has 0 aliphatic carbocycles.